The molecule has 0 aliphatic rings. The smallest absolute Gasteiger partial charge is 0.303 e. The second kappa shape index (κ2) is 9.40. The lowest BCUT2D eigenvalue weighted by Gasteiger charge is -2.32. The van der Waals surface area contributed by atoms with Crippen LogP contribution < -0.4 is 10.7 Å². The number of ether oxygens (including phenoxy) is 3. The molecule has 2 amide bonds. The van der Waals surface area contributed by atoms with E-state index in [-0.39, 0.29) is 0 Å². The van der Waals surface area contributed by atoms with E-state index in [1.54, 1.807) is 0 Å². The van der Waals surface area contributed by atoms with Gasteiger partial charge in [-0.3, -0.25) is 4.79 Å². The first-order valence-electron chi connectivity index (χ1n) is 6.05. The van der Waals surface area contributed by atoms with E-state index in [1.807, 2.05) is 20.8 Å². The molecule has 102 valence electrons. The van der Waals surface area contributed by atoms with Crippen LogP contribution in [0, 0.1) is 0 Å². The first-order valence-corrected chi connectivity index (χ1v) is 7.76. The molecule has 0 atom stereocenters. The number of carbonyl (C=O) groups is 1. The van der Waals surface area contributed by atoms with Crippen LogP contribution in [0.1, 0.15) is 27.2 Å². The fourth-order valence-electron chi connectivity index (χ4n) is 1.52. The van der Waals surface area contributed by atoms with E-state index in [9.17, 15) is 4.79 Å². The van der Waals surface area contributed by atoms with E-state index >= 15 is 0 Å². The summed E-state index contributed by atoms with van der Waals surface area (Å²) in [5, 5.41) is 0. The summed E-state index contributed by atoms with van der Waals surface area (Å²) in [5.74, 6) is -0.968. The molecule has 3 N–H and O–H groups in total. The Kier molecular flexibility index (Phi) is 9.05. The molecule has 0 aromatic rings. The zero-order valence-electron chi connectivity index (χ0n) is 11.0. The number of urea groups is 1. The highest BCUT2D eigenvalue weighted by Crippen LogP contribution is 2.22. The number of primary amides is 1. The van der Waals surface area contributed by atoms with Gasteiger partial charge in [0.2, 0.25) is 0 Å². The minimum Gasteiger partial charge on any atom is -0.370 e. The molecule has 17 heavy (non-hydrogen) atoms. The summed E-state index contributed by atoms with van der Waals surface area (Å²) in [5.41, 5.74) is 5.01. The normalized spacial score (nSPS) is 12.2. The van der Waals surface area contributed by atoms with Crippen molar-refractivity contribution in [1.82, 2.24) is 4.98 Å². The van der Waals surface area contributed by atoms with Crippen molar-refractivity contribution in [3.8, 4) is 0 Å². The second-order valence-electron chi connectivity index (χ2n) is 3.38. The molecule has 0 heterocycles. The molecular formula is C10H24N2O4Si. The molecule has 0 aromatic carbocycles. The van der Waals surface area contributed by atoms with Gasteiger partial charge in [-0.25, -0.2) is 0 Å². The van der Waals surface area contributed by atoms with Crippen molar-refractivity contribution in [2.45, 2.75) is 39.2 Å². The quantitative estimate of drug-likeness (QED) is 0.338. The second-order valence-corrected chi connectivity index (χ2v) is 4.94. The molecule has 0 radical (unpaired) electrons. The Hall–Kier alpha value is -0.633. The lowest BCUT2D eigenvalue weighted by molar-refractivity contribution is -0.377. The summed E-state index contributed by atoms with van der Waals surface area (Å²) in [4.78, 5) is 13.2. The Bertz CT molecular complexity index is 199. The van der Waals surface area contributed by atoms with Gasteiger partial charge >= 0.3 is 6.03 Å². The lowest BCUT2D eigenvalue weighted by atomic mass is 10.4. The monoisotopic (exact) mass is 264 g/mol. The van der Waals surface area contributed by atoms with Gasteiger partial charge in [0.05, 0.1) is 0 Å². The van der Waals surface area contributed by atoms with E-state index in [2.05, 4.69) is 4.98 Å². The van der Waals surface area contributed by atoms with E-state index < -0.39 is 21.7 Å². The standard InChI is InChI=1S/C10H24N2O4Si/c1-4-14-10(15-5-2,16-6-3)7-8-17-12-9(11)13/h4-8,17H2,1-3H3,(H3,11,12,13). The fraction of sp³-hybridized carbons (Fsp3) is 0.900. The Morgan fingerprint density at radius 1 is 1.18 bits per heavy atom. The summed E-state index contributed by atoms with van der Waals surface area (Å²) < 4.78 is 16.7. The SMILES string of the molecule is CCOC(CC[SiH2]NC(N)=O)(OCC)OCC. The number of carbonyl (C=O) groups excluding carboxylic acids is 1. The third-order valence-corrected chi connectivity index (χ3v) is 3.36. The van der Waals surface area contributed by atoms with E-state index in [1.165, 1.54) is 0 Å². The van der Waals surface area contributed by atoms with E-state index in [0.717, 1.165) is 6.04 Å². The van der Waals surface area contributed by atoms with Crippen LogP contribution >= 0.6 is 0 Å². The predicted octanol–water partition coefficient (Wildman–Crippen LogP) is 0.310. The Balaban J connectivity index is 4.18. The van der Waals surface area contributed by atoms with Crippen LogP contribution in [0.2, 0.25) is 6.04 Å². The third kappa shape index (κ3) is 7.32. The maximum absolute atomic E-state index is 10.6. The van der Waals surface area contributed by atoms with Gasteiger partial charge in [0, 0.05) is 26.2 Å². The topological polar surface area (TPSA) is 82.8 Å². The zero-order valence-corrected chi connectivity index (χ0v) is 12.4. The summed E-state index contributed by atoms with van der Waals surface area (Å²) in [7, 11) is -0.731. The van der Waals surface area contributed by atoms with Crippen LogP contribution in [-0.2, 0) is 14.2 Å². The number of hydrogen-bond donors (Lipinski definition) is 2. The molecule has 0 rings (SSSR count). The van der Waals surface area contributed by atoms with E-state index in [4.69, 9.17) is 19.9 Å². The van der Waals surface area contributed by atoms with Crippen molar-refractivity contribution in [2.75, 3.05) is 19.8 Å². The van der Waals surface area contributed by atoms with Gasteiger partial charge in [0.1, 0.15) is 9.68 Å². The van der Waals surface area contributed by atoms with Crippen molar-refractivity contribution >= 4 is 15.7 Å². The predicted molar refractivity (Wildman–Crippen MR) is 68.3 cm³/mol. The Morgan fingerprint density at radius 3 is 2.00 bits per heavy atom. The van der Waals surface area contributed by atoms with Gasteiger partial charge in [0.15, 0.2) is 0 Å². The molecule has 0 unspecified atom stereocenters. The van der Waals surface area contributed by atoms with Crippen LogP contribution in [0.5, 0.6) is 0 Å². The molecule has 0 bridgehead atoms. The summed E-state index contributed by atoms with van der Waals surface area (Å²) in [6.45, 7) is 7.24. The van der Waals surface area contributed by atoms with Gasteiger partial charge in [-0.15, -0.1) is 0 Å². The molecule has 0 aromatic heterocycles. The van der Waals surface area contributed by atoms with Gasteiger partial charge in [0.25, 0.3) is 5.97 Å². The summed E-state index contributed by atoms with van der Waals surface area (Å²) in [6, 6.07) is 0.342. The molecule has 0 saturated carbocycles. The highest BCUT2D eigenvalue weighted by Gasteiger charge is 2.31. The van der Waals surface area contributed by atoms with Crippen LogP contribution in [0.4, 0.5) is 4.79 Å². The largest absolute Gasteiger partial charge is 0.370 e. The first-order chi connectivity index (χ1) is 8.10. The Morgan fingerprint density at radius 2 is 1.65 bits per heavy atom. The van der Waals surface area contributed by atoms with Crippen molar-refractivity contribution in [3.05, 3.63) is 0 Å². The average molecular weight is 264 g/mol. The minimum atomic E-state index is -0.968. The van der Waals surface area contributed by atoms with Crippen molar-refractivity contribution in [3.63, 3.8) is 0 Å². The average Bonchev–Trinajstić information content (AvgIpc) is 2.25. The van der Waals surface area contributed by atoms with Gasteiger partial charge in [-0.2, -0.15) is 0 Å². The summed E-state index contributed by atoms with van der Waals surface area (Å²) >= 11 is 0. The Labute approximate surface area is 105 Å². The molecule has 0 aliphatic heterocycles. The van der Waals surface area contributed by atoms with Crippen molar-refractivity contribution in [1.29, 1.82) is 0 Å². The fourth-order valence-corrected chi connectivity index (χ4v) is 2.55. The summed E-state index contributed by atoms with van der Waals surface area (Å²) in [6.07, 6.45) is 0.606. The number of rotatable bonds is 10. The highest BCUT2D eigenvalue weighted by atomic mass is 28.2. The third-order valence-electron chi connectivity index (χ3n) is 2.05. The number of amides is 2. The maximum Gasteiger partial charge on any atom is 0.303 e. The van der Waals surface area contributed by atoms with Crippen LogP contribution in [0.3, 0.4) is 0 Å². The molecule has 0 aliphatic carbocycles. The van der Waals surface area contributed by atoms with Gasteiger partial charge in [-0.1, -0.05) is 0 Å². The molecule has 6 nitrogen and oxygen atoms in total. The lowest BCUT2D eigenvalue weighted by Crippen LogP contribution is -2.41. The van der Waals surface area contributed by atoms with Crippen LogP contribution in [-0.4, -0.2) is 41.5 Å². The van der Waals surface area contributed by atoms with Crippen molar-refractivity contribution in [2.24, 2.45) is 5.73 Å². The highest BCUT2D eigenvalue weighted by molar-refractivity contribution is 6.36. The molecule has 0 fully saturated rings. The number of nitrogens with one attached hydrogen (secondary N) is 1. The minimum absolute atomic E-state index is 0.466. The van der Waals surface area contributed by atoms with Gasteiger partial charge < -0.3 is 24.9 Å². The van der Waals surface area contributed by atoms with Crippen molar-refractivity contribution < 1.29 is 19.0 Å². The van der Waals surface area contributed by atoms with Crippen LogP contribution in [0.15, 0.2) is 0 Å². The molecule has 0 spiro atoms. The van der Waals surface area contributed by atoms with E-state index in [0.29, 0.717) is 26.2 Å². The molecular weight excluding hydrogens is 240 g/mol. The zero-order chi connectivity index (χ0) is 13.1. The van der Waals surface area contributed by atoms with Crippen LogP contribution in [0.25, 0.3) is 0 Å². The molecule has 0 saturated heterocycles. The molecule has 7 heteroatoms. The first kappa shape index (κ1) is 16.4. The maximum atomic E-state index is 10.6. The number of hydrogen-bond acceptors (Lipinski definition) is 4. The number of nitrogens with two attached hydrogens (primary N) is 1. The van der Waals surface area contributed by atoms with Gasteiger partial charge in [-0.05, 0) is 26.8 Å².